The normalized spacial score (nSPS) is 20.7. The number of piperidine rings is 1. The lowest BCUT2D eigenvalue weighted by atomic mass is 9.77. The minimum atomic E-state index is -3.54. The second kappa shape index (κ2) is 5.02. The summed E-state index contributed by atoms with van der Waals surface area (Å²) in [5, 5.41) is 17.6. The number of carboxylic acids is 1. The quantitative estimate of drug-likeness (QED) is 0.789. The molecule has 0 saturated carbocycles. The molecule has 6 nitrogen and oxygen atoms in total. The molecule has 0 aromatic rings. The van der Waals surface area contributed by atoms with Crippen molar-refractivity contribution in [2.75, 3.05) is 18.8 Å². The van der Waals surface area contributed by atoms with Crippen LogP contribution in [0.5, 0.6) is 0 Å². The molecule has 0 aromatic carbocycles. The van der Waals surface area contributed by atoms with Gasteiger partial charge in [-0.2, -0.15) is 5.26 Å². The van der Waals surface area contributed by atoms with Crippen molar-refractivity contribution in [3.05, 3.63) is 0 Å². The average Bonchev–Trinajstić information content (AvgIpc) is 2.28. The predicted molar refractivity (Wildman–Crippen MR) is 60.6 cm³/mol. The summed E-state index contributed by atoms with van der Waals surface area (Å²) in [6, 6.07) is 1.62. The highest BCUT2D eigenvalue weighted by atomic mass is 32.2. The fourth-order valence-electron chi connectivity index (χ4n) is 2.08. The third-order valence-electron chi connectivity index (χ3n) is 3.45. The molecule has 1 heterocycles. The molecule has 1 N–H and O–H groups in total. The van der Waals surface area contributed by atoms with Crippen LogP contribution in [0.4, 0.5) is 0 Å². The van der Waals surface area contributed by atoms with Crippen molar-refractivity contribution in [1.29, 1.82) is 5.26 Å². The lowest BCUT2D eigenvalue weighted by molar-refractivity contribution is -0.151. The Balaban J connectivity index is 2.75. The first-order chi connectivity index (χ1) is 7.88. The molecule has 1 fully saturated rings. The fourth-order valence-corrected chi connectivity index (χ4v) is 3.17. The first-order valence-corrected chi connectivity index (χ1v) is 7.07. The molecule has 0 radical (unpaired) electrons. The number of aliphatic carboxylic acids is 1. The van der Waals surface area contributed by atoms with Crippen molar-refractivity contribution in [2.45, 2.75) is 26.2 Å². The van der Waals surface area contributed by atoms with E-state index in [2.05, 4.69) is 0 Å². The van der Waals surface area contributed by atoms with Gasteiger partial charge in [0, 0.05) is 13.1 Å². The molecule has 7 heteroatoms. The number of hydrogen-bond acceptors (Lipinski definition) is 4. The number of carbonyl (C=O) groups is 1. The average molecular weight is 260 g/mol. The molecule has 0 spiro atoms. The Morgan fingerprint density at radius 2 is 2.00 bits per heavy atom. The monoisotopic (exact) mass is 260 g/mol. The van der Waals surface area contributed by atoms with Gasteiger partial charge in [-0.25, -0.2) is 12.7 Å². The van der Waals surface area contributed by atoms with E-state index in [0.717, 1.165) is 0 Å². The van der Waals surface area contributed by atoms with Gasteiger partial charge in [0.05, 0.1) is 11.5 Å². The zero-order chi connectivity index (χ0) is 13.1. The predicted octanol–water partition coefficient (Wildman–Crippen LogP) is 0.417. The van der Waals surface area contributed by atoms with E-state index in [4.69, 9.17) is 10.4 Å². The SMILES string of the molecule is CCC1(C(=O)O)CCN(S(=O)(=O)CC#N)CC1. The van der Waals surface area contributed by atoms with Gasteiger partial charge in [-0.05, 0) is 19.3 Å². The van der Waals surface area contributed by atoms with Crippen molar-refractivity contribution < 1.29 is 18.3 Å². The summed E-state index contributed by atoms with van der Waals surface area (Å²) in [4.78, 5) is 11.2. The van der Waals surface area contributed by atoms with E-state index < -0.39 is 27.2 Å². The highest BCUT2D eigenvalue weighted by Gasteiger charge is 2.42. The molecule has 96 valence electrons. The number of sulfonamides is 1. The summed E-state index contributed by atoms with van der Waals surface area (Å²) in [6.07, 6.45) is 1.11. The maximum atomic E-state index is 11.6. The van der Waals surface area contributed by atoms with E-state index in [1.165, 1.54) is 4.31 Å². The van der Waals surface area contributed by atoms with Crippen LogP contribution in [0, 0.1) is 16.7 Å². The molecule has 0 atom stereocenters. The van der Waals surface area contributed by atoms with Crippen molar-refractivity contribution in [1.82, 2.24) is 4.31 Å². The summed E-state index contributed by atoms with van der Waals surface area (Å²) >= 11 is 0. The van der Waals surface area contributed by atoms with E-state index >= 15 is 0 Å². The topological polar surface area (TPSA) is 98.5 Å². The number of nitriles is 1. The van der Waals surface area contributed by atoms with Gasteiger partial charge in [-0.1, -0.05) is 6.92 Å². The van der Waals surface area contributed by atoms with Crippen LogP contribution in [0.1, 0.15) is 26.2 Å². The largest absolute Gasteiger partial charge is 0.481 e. The Morgan fingerprint density at radius 3 is 2.35 bits per heavy atom. The first kappa shape index (κ1) is 13.9. The molecular formula is C10H16N2O4S. The van der Waals surface area contributed by atoms with Crippen LogP contribution in [0.3, 0.4) is 0 Å². The molecule has 17 heavy (non-hydrogen) atoms. The molecule has 0 aliphatic carbocycles. The second-order valence-corrected chi connectivity index (χ2v) is 6.22. The number of hydrogen-bond donors (Lipinski definition) is 1. The Kier molecular flexibility index (Phi) is 4.11. The van der Waals surface area contributed by atoms with E-state index in [1.807, 2.05) is 0 Å². The van der Waals surface area contributed by atoms with Crippen molar-refractivity contribution in [3.8, 4) is 6.07 Å². The first-order valence-electron chi connectivity index (χ1n) is 5.46. The van der Waals surface area contributed by atoms with E-state index in [9.17, 15) is 13.2 Å². The Hall–Kier alpha value is -1.13. The van der Waals surface area contributed by atoms with Crippen LogP contribution in [-0.2, 0) is 14.8 Å². The van der Waals surface area contributed by atoms with Crippen LogP contribution in [0.15, 0.2) is 0 Å². The van der Waals surface area contributed by atoms with E-state index in [-0.39, 0.29) is 13.1 Å². The molecule has 1 saturated heterocycles. The van der Waals surface area contributed by atoms with Crippen LogP contribution in [-0.4, -0.2) is 42.6 Å². The summed E-state index contributed by atoms with van der Waals surface area (Å²) < 4.78 is 24.4. The minimum absolute atomic E-state index is 0.185. The maximum absolute atomic E-state index is 11.6. The third kappa shape index (κ3) is 2.76. The van der Waals surface area contributed by atoms with Gasteiger partial charge in [0.2, 0.25) is 10.0 Å². The highest BCUT2D eigenvalue weighted by molar-refractivity contribution is 7.89. The summed E-state index contributed by atoms with van der Waals surface area (Å²) in [5.41, 5.74) is -0.807. The maximum Gasteiger partial charge on any atom is 0.309 e. The summed E-state index contributed by atoms with van der Waals surface area (Å²) in [6.45, 7) is 2.17. The van der Waals surface area contributed by atoms with Crippen LogP contribution in [0.25, 0.3) is 0 Å². The zero-order valence-corrected chi connectivity index (χ0v) is 10.5. The van der Waals surface area contributed by atoms with Gasteiger partial charge >= 0.3 is 5.97 Å². The number of carboxylic acid groups (broad SMARTS) is 1. The fraction of sp³-hybridized carbons (Fsp3) is 0.800. The van der Waals surface area contributed by atoms with Gasteiger partial charge in [0.15, 0.2) is 5.75 Å². The Labute approximate surface area is 101 Å². The molecule has 1 aliphatic rings. The minimum Gasteiger partial charge on any atom is -0.481 e. The standard InChI is InChI=1S/C10H16N2O4S/c1-2-10(9(13)14)3-6-12(7-4-10)17(15,16)8-5-11/h2-4,6-8H2,1H3,(H,13,14). The highest BCUT2D eigenvalue weighted by Crippen LogP contribution is 2.35. The molecule has 1 aliphatic heterocycles. The molecule has 0 bridgehead atoms. The van der Waals surface area contributed by atoms with Crippen molar-refractivity contribution in [2.24, 2.45) is 5.41 Å². The third-order valence-corrected chi connectivity index (χ3v) is 5.10. The summed E-state index contributed by atoms with van der Waals surface area (Å²) in [7, 11) is -3.54. The smallest absolute Gasteiger partial charge is 0.309 e. The van der Waals surface area contributed by atoms with Gasteiger partial charge < -0.3 is 5.11 Å². The number of rotatable bonds is 4. The van der Waals surface area contributed by atoms with Gasteiger partial charge in [-0.15, -0.1) is 0 Å². The Morgan fingerprint density at radius 1 is 1.47 bits per heavy atom. The van der Waals surface area contributed by atoms with Crippen molar-refractivity contribution in [3.63, 3.8) is 0 Å². The molecule has 1 rings (SSSR count). The van der Waals surface area contributed by atoms with Gasteiger partial charge in [0.1, 0.15) is 0 Å². The van der Waals surface area contributed by atoms with Crippen LogP contribution < -0.4 is 0 Å². The second-order valence-electron chi connectivity index (χ2n) is 4.25. The van der Waals surface area contributed by atoms with E-state index in [1.54, 1.807) is 13.0 Å². The Bertz CT molecular complexity index is 430. The summed E-state index contributed by atoms with van der Waals surface area (Å²) in [5.74, 6) is -1.41. The molecule has 0 unspecified atom stereocenters. The number of nitrogens with zero attached hydrogens (tertiary/aromatic N) is 2. The molecule has 0 aromatic heterocycles. The van der Waals surface area contributed by atoms with Gasteiger partial charge in [-0.3, -0.25) is 4.79 Å². The lowest BCUT2D eigenvalue weighted by Crippen LogP contribution is -2.46. The van der Waals surface area contributed by atoms with E-state index in [0.29, 0.717) is 19.3 Å². The molecular weight excluding hydrogens is 244 g/mol. The molecule has 0 amide bonds. The van der Waals surface area contributed by atoms with Crippen LogP contribution >= 0.6 is 0 Å². The lowest BCUT2D eigenvalue weighted by Gasteiger charge is -2.37. The van der Waals surface area contributed by atoms with Gasteiger partial charge in [0.25, 0.3) is 0 Å². The van der Waals surface area contributed by atoms with Crippen molar-refractivity contribution >= 4 is 16.0 Å². The zero-order valence-electron chi connectivity index (χ0n) is 9.72. The van der Waals surface area contributed by atoms with Crippen LogP contribution in [0.2, 0.25) is 0 Å².